The molecule has 3 rings (SSSR count). The minimum absolute atomic E-state index is 0.148. The predicted molar refractivity (Wildman–Crippen MR) is 94.5 cm³/mol. The molecular weight excluding hydrogens is 338 g/mol. The van der Waals surface area contributed by atoms with Gasteiger partial charge in [0.15, 0.2) is 0 Å². The number of sulfonamides is 1. The Kier molecular flexibility index (Phi) is 5.34. The summed E-state index contributed by atoms with van der Waals surface area (Å²) in [5.41, 5.74) is 1.13. The number of rotatable bonds is 6. The van der Waals surface area contributed by atoms with Gasteiger partial charge in [-0.3, -0.25) is 9.48 Å². The minimum atomic E-state index is -3.58. The molecule has 134 valence electrons. The molecule has 1 saturated heterocycles. The van der Waals surface area contributed by atoms with Crippen LogP contribution in [0, 0.1) is 5.92 Å². The van der Waals surface area contributed by atoms with E-state index in [1.54, 1.807) is 7.05 Å². The number of Topliss-reactive ketones (excluding diaryl/α,β-unsaturated/α-hetero) is 1. The van der Waals surface area contributed by atoms with Gasteiger partial charge in [0.05, 0.1) is 6.20 Å². The Hall–Kier alpha value is -1.99. The average Bonchev–Trinajstić information content (AvgIpc) is 3.08. The minimum Gasteiger partial charge on any atom is -0.299 e. The molecule has 2 aromatic rings. The van der Waals surface area contributed by atoms with Crippen LogP contribution in [0.4, 0.5) is 0 Å². The van der Waals surface area contributed by atoms with Crippen LogP contribution in [0.1, 0.15) is 24.8 Å². The molecule has 0 radical (unpaired) electrons. The molecule has 1 aliphatic rings. The lowest BCUT2D eigenvalue weighted by atomic mass is 9.91. The Morgan fingerprint density at radius 2 is 2.04 bits per heavy atom. The molecule has 1 aliphatic heterocycles. The van der Waals surface area contributed by atoms with E-state index in [1.165, 1.54) is 21.4 Å². The molecule has 0 amide bonds. The van der Waals surface area contributed by atoms with Crippen molar-refractivity contribution in [1.29, 1.82) is 0 Å². The number of carbonyl (C=O) groups excluding carboxylic acids is 1. The van der Waals surface area contributed by atoms with Crippen molar-refractivity contribution in [1.82, 2.24) is 14.1 Å². The molecule has 2 heterocycles. The van der Waals surface area contributed by atoms with Crippen molar-refractivity contribution in [2.24, 2.45) is 13.0 Å². The van der Waals surface area contributed by atoms with Gasteiger partial charge in [0.25, 0.3) is 0 Å². The topological polar surface area (TPSA) is 72.3 Å². The van der Waals surface area contributed by atoms with Crippen LogP contribution in [0.25, 0.3) is 0 Å². The van der Waals surface area contributed by atoms with Crippen molar-refractivity contribution in [3.63, 3.8) is 0 Å². The Balaban J connectivity index is 1.63. The maximum Gasteiger partial charge on any atom is 0.246 e. The summed E-state index contributed by atoms with van der Waals surface area (Å²) >= 11 is 0. The van der Waals surface area contributed by atoms with Gasteiger partial charge in [0.2, 0.25) is 10.0 Å². The highest BCUT2D eigenvalue weighted by molar-refractivity contribution is 7.89. The van der Waals surface area contributed by atoms with E-state index in [0.717, 1.165) is 12.0 Å². The van der Waals surface area contributed by atoms with Crippen LogP contribution in [0.5, 0.6) is 0 Å². The Morgan fingerprint density at radius 1 is 1.28 bits per heavy atom. The van der Waals surface area contributed by atoms with Gasteiger partial charge in [-0.1, -0.05) is 30.3 Å². The van der Waals surface area contributed by atoms with Crippen molar-refractivity contribution in [3.8, 4) is 0 Å². The number of benzene rings is 1. The SMILES string of the molecule is Cn1cc(S(=O)(=O)N2CCCC(C(=O)CCc3ccccc3)C2)cn1. The number of hydrogen-bond acceptors (Lipinski definition) is 4. The molecule has 1 aromatic heterocycles. The molecule has 1 aromatic carbocycles. The third kappa shape index (κ3) is 4.16. The quantitative estimate of drug-likeness (QED) is 0.789. The van der Waals surface area contributed by atoms with E-state index in [4.69, 9.17) is 0 Å². The molecule has 1 atom stereocenters. The van der Waals surface area contributed by atoms with Gasteiger partial charge in [-0.05, 0) is 24.8 Å². The first-order valence-corrected chi connectivity index (χ1v) is 9.96. The van der Waals surface area contributed by atoms with Crippen LogP contribution in [0.3, 0.4) is 0 Å². The van der Waals surface area contributed by atoms with E-state index in [9.17, 15) is 13.2 Å². The van der Waals surface area contributed by atoms with Crippen molar-refractivity contribution >= 4 is 15.8 Å². The fourth-order valence-corrected chi connectivity index (χ4v) is 4.73. The third-order valence-corrected chi connectivity index (χ3v) is 6.48. The lowest BCUT2D eigenvalue weighted by molar-refractivity contribution is -0.123. The van der Waals surface area contributed by atoms with Crippen LogP contribution in [0.15, 0.2) is 47.6 Å². The van der Waals surface area contributed by atoms with E-state index in [2.05, 4.69) is 5.10 Å². The lowest BCUT2D eigenvalue weighted by Gasteiger charge is -2.30. The first-order chi connectivity index (χ1) is 12.0. The summed E-state index contributed by atoms with van der Waals surface area (Å²) in [5.74, 6) is -0.0705. The summed E-state index contributed by atoms with van der Waals surface area (Å²) < 4.78 is 28.3. The van der Waals surface area contributed by atoms with Gasteiger partial charge < -0.3 is 0 Å². The largest absolute Gasteiger partial charge is 0.299 e. The summed E-state index contributed by atoms with van der Waals surface area (Å²) in [6.45, 7) is 0.727. The van der Waals surface area contributed by atoms with Gasteiger partial charge in [-0.25, -0.2) is 8.42 Å². The maximum absolute atomic E-state index is 12.7. The summed E-state index contributed by atoms with van der Waals surface area (Å²) in [6, 6.07) is 9.89. The second-order valence-corrected chi connectivity index (χ2v) is 8.44. The van der Waals surface area contributed by atoms with Gasteiger partial charge >= 0.3 is 0 Å². The zero-order chi connectivity index (χ0) is 17.9. The molecule has 1 unspecified atom stereocenters. The standard InChI is InChI=1S/C18H23N3O3S/c1-20-14-17(12-19-20)25(23,24)21-11-5-8-16(13-21)18(22)10-9-15-6-3-2-4-7-15/h2-4,6-7,12,14,16H,5,8-11,13H2,1H3. The first kappa shape index (κ1) is 17.8. The van der Waals surface area contributed by atoms with Crippen LogP contribution in [-0.4, -0.2) is 41.4 Å². The molecular formula is C18H23N3O3S. The molecule has 0 bridgehead atoms. The lowest BCUT2D eigenvalue weighted by Crippen LogP contribution is -2.42. The number of hydrogen-bond donors (Lipinski definition) is 0. The van der Waals surface area contributed by atoms with Crippen molar-refractivity contribution in [2.75, 3.05) is 13.1 Å². The highest BCUT2D eigenvalue weighted by atomic mass is 32.2. The van der Waals surface area contributed by atoms with E-state index in [-0.39, 0.29) is 23.1 Å². The van der Waals surface area contributed by atoms with E-state index >= 15 is 0 Å². The number of aryl methyl sites for hydroxylation is 2. The zero-order valence-corrected chi connectivity index (χ0v) is 15.2. The van der Waals surface area contributed by atoms with Crippen molar-refractivity contribution in [2.45, 2.75) is 30.6 Å². The van der Waals surface area contributed by atoms with Gasteiger partial charge in [-0.15, -0.1) is 0 Å². The maximum atomic E-state index is 12.7. The molecule has 25 heavy (non-hydrogen) atoms. The zero-order valence-electron chi connectivity index (χ0n) is 14.3. The van der Waals surface area contributed by atoms with Crippen molar-refractivity contribution < 1.29 is 13.2 Å². The summed E-state index contributed by atoms with van der Waals surface area (Å²) in [7, 11) is -1.89. The van der Waals surface area contributed by atoms with Crippen molar-refractivity contribution in [3.05, 3.63) is 48.3 Å². The highest BCUT2D eigenvalue weighted by Crippen LogP contribution is 2.25. The van der Waals surface area contributed by atoms with E-state index < -0.39 is 10.0 Å². The van der Waals surface area contributed by atoms with Crippen LogP contribution >= 0.6 is 0 Å². The number of nitrogens with zero attached hydrogens (tertiary/aromatic N) is 3. The molecule has 6 nitrogen and oxygen atoms in total. The Bertz CT molecular complexity index is 830. The smallest absolute Gasteiger partial charge is 0.246 e. The Labute approximate surface area is 148 Å². The van der Waals surface area contributed by atoms with Crippen LogP contribution in [0.2, 0.25) is 0 Å². The number of aromatic nitrogens is 2. The fraction of sp³-hybridized carbons (Fsp3) is 0.444. The second kappa shape index (κ2) is 7.49. The molecule has 0 spiro atoms. The summed E-state index contributed by atoms with van der Waals surface area (Å²) in [5, 5.41) is 3.94. The predicted octanol–water partition coefficient (Wildman–Crippen LogP) is 2.02. The van der Waals surface area contributed by atoms with Gasteiger partial charge in [-0.2, -0.15) is 9.40 Å². The van der Waals surface area contributed by atoms with Gasteiger partial charge in [0, 0.05) is 38.7 Å². The average molecular weight is 361 g/mol. The summed E-state index contributed by atoms with van der Waals surface area (Å²) in [6.07, 6.45) is 5.47. The molecule has 0 N–H and O–H groups in total. The second-order valence-electron chi connectivity index (χ2n) is 6.50. The monoisotopic (exact) mass is 361 g/mol. The fourth-order valence-electron chi connectivity index (χ4n) is 3.22. The van der Waals surface area contributed by atoms with E-state index in [0.29, 0.717) is 25.8 Å². The van der Waals surface area contributed by atoms with Gasteiger partial charge in [0.1, 0.15) is 10.7 Å². The Morgan fingerprint density at radius 3 is 2.72 bits per heavy atom. The van der Waals surface area contributed by atoms with Crippen LogP contribution in [-0.2, 0) is 28.3 Å². The normalized spacial score (nSPS) is 19.0. The highest BCUT2D eigenvalue weighted by Gasteiger charge is 2.33. The van der Waals surface area contributed by atoms with E-state index in [1.807, 2.05) is 30.3 Å². The number of ketones is 1. The number of piperidine rings is 1. The number of carbonyl (C=O) groups is 1. The molecule has 1 fully saturated rings. The summed E-state index contributed by atoms with van der Waals surface area (Å²) in [4.78, 5) is 12.7. The third-order valence-electron chi connectivity index (χ3n) is 4.66. The molecule has 0 saturated carbocycles. The van der Waals surface area contributed by atoms with Crippen LogP contribution < -0.4 is 0 Å². The first-order valence-electron chi connectivity index (χ1n) is 8.52. The molecule has 0 aliphatic carbocycles. The molecule has 7 heteroatoms.